The van der Waals surface area contributed by atoms with Gasteiger partial charge in [0.15, 0.2) is 0 Å². The van der Waals surface area contributed by atoms with Gasteiger partial charge in [-0.2, -0.15) is 0 Å². The van der Waals surface area contributed by atoms with Gasteiger partial charge >= 0.3 is 5.69 Å². The summed E-state index contributed by atoms with van der Waals surface area (Å²) in [7, 11) is 1.69. The molecule has 0 saturated heterocycles. The van der Waals surface area contributed by atoms with Crippen LogP contribution in [0.3, 0.4) is 0 Å². The molecule has 0 radical (unpaired) electrons. The SMILES string of the molecule is CCCn1c(N)c(NCC2(CCOC)CC2)c(=O)[nH]c1=O. The fraction of sp³-hybridized carbons (Fsp3) is 0.714. The zero-order valence-corrected chi connectivity index (χ0v) is 12.7. The van der Waals surface area contributed by atoms with E-state index in [-0.39, 0.29) is 11.2 Å². The number of aromatic amines is 1. The fourth-order valence-electron chi connectivity index (χ4n) is 2.49. The summed E-state index contributed by atoms with van der Waals surface area (Å²) in [6.07, 6.45) is 3.97. The molecule has 1 heterocycles. The van der Waals surface area contributed by atoms with Gasteiger partial charge < -0.3 is 15.8 Å². The summed E-state index contributed by atoms with van der Waals surface area (Å²) in [5.74, 6) is 0.216. The van der Waals surface area contributed by atoms with Crippen LogP contribution in [0.15, 0.2) is 9.59 Å². The summed E-state index contributed by atoms with van der Waals surface area (Å²) in [5.41, 5.74) is 5.56. The van der Waals surface area contributed by atoms with Crippen molar-refractivity contribution < 1.29 is 4.74 Å². The Hall–Kier alpha value is -1.76. The van der Waals surface area contributed by atoms with Gasteiger partial charge in [0.25, 0.3) is 5.56 Å². The molecular formula is C14H24N4O3. The summed E-state index contributed by atoms with van der Waals surface area (Å²) in [5, 5.41) is 3.13. The second kappa shape index (κ2) is 6.34. The van der Waals surface area contributed by atoms with E-state index >= 15 is 0 Å². The average molecular weight is 296 g/mol. The van der Waals surface area contributed by atoms with Crippen LogP contribution in [0.25, 0.3) is 0 Å². The number of H-pyrrole nitrogens is 1. The minimum absolute atomic E-state index is 0.195. The molecule has 0 aliphatic heterocycles. The number of aromatic nitrogens is 2. The van der Waals surface area contributed by atoms with E-state index in [0.717, 1.165) is 25.7 Å². The first-order valence-corrected chi connectivity index (χ1v) is 7.38. The van der Waals surface area contributed by atoms with E-state index in [1.165, 1.54) is 4.57 Å². The van der Waals surface area contributed by atoms with Gasteiger partial charge in [-0.3, -0.25) is 14.3 Å². The highest BCUT2D eigenvalue weighted by molar-refractivity contribution is 5.60. The van der Waals surface area contributed by atoms with Gasteiger partial charge in [-0.1, -0.05) is 6.92 Å². The van der Waals surface area contributed by atoms with Crippen molar-refractivity contribution in [3.05, 3.63) is 20.8 Å². The van der Waals surface area contributed by atoms with Crippen molar-refractivity contribution in [3.63, 3.8) is 0 Å². The highest BCUT2D eigenvalue weighted by Crippen LogP contribution is 2.48. The van der Waals surface area contributed by atoms with Gasteiger partial charge in [-0.05, 0) is 31.1 Å². The number of nitrogens with two attached hydrogens (primary N) is 1. The average Bonchev–Trinajstić information content (AvgIpc) is 3.21. The van der Waals surface area contributed by atoms with Crippen LogP contribution in [0.2, 0.25) is 0 Å². The van der Waals surface area contributed by atoms with Gasteiger partial charge in [0.1, 0.15) is 11.5 Å². The van der Waals surface area contributed by atoms with E-state index in [9.17, 15) is 9.59 Å². The normalized spacial score (nSPS) is 15.9. The fourth-order valence-corrected chi connectivity index (χ4v) is 2.49. The molecule has 1 fully saturated rings. The van der Waals surface area contributed by atoms with Crippen molar-refractivity contribution in [1.29, 1.82) is 0 Å². The summed E-state index contributed by atoms with van der Waals surface area (Å²) in [6, 6.07) is 0. The zero-order valence-electron chi connectivity index (χ0n) is 12.7. The van der Waals surface area contributed by atoms with Gasteiger partial charge in [-0.25, -0.2) is 4.79 Å². The third-order valence-corrected chi connectivity index (χ3v) is 4.12. The predicted molar refractivity (Wildman–Crippen MR) is 82.7 cm³/mol. The maximum absolute atomic E-state index is 11.9. The van der Waals surface area contributed by atoms with Crippen LogP contribution in [0.4, 0.5) is 11.5 Å². The molecule has 118 valence electrons. The predicted octanol–water partition coefficient (Wildman–Crippen LogP) is 0.757. The Bertz CT molecular complexity index is 601. The molecule has 1 aliphatic rings. The maximum atomic E-state index is 11.9. The third-order valence-electron chi connectivity index (χ3n) is 4.12. The zero-order chi connectivity index (χ0) is 15.5. The molecule has 0 bridgehead atoms. The van der Waals surface area contributed by atoms with Crippen molar-refractivity contribution in [1.82, 2.24) is 9.55 Å². The lowest BCUT2D eigenvalue weighted by Gasteiger charge is -2.18. The van der Waals surface area contributed by atoms with Gasteiger partial charge in [0.05, 0.1) is 0 Å². The molecule has 4 N–H and O–H groups in total. The Morgan fingerprint density at radius 2 is 2.14 bits per heavy atom. The molecular weight excluding hydrogens is 272 g/mol. The Balaban J connectivity index is 2.15. The van der Waals surface area contributed by atoms with Gasteiger partial charge in [-0.15, -0.1) is 0 Å². The van der Waals surface area contributed by atoms with Gasteiger partial charge in [0, 0.05) is 26.8 Å². The van der Waals surface area contributed by atoms with Crippen LogP contribution in [0, 0.1) is 5.41 Å². The lowest BCUT2D eigenvalue weighted by molar-refractivity contribution is 0.175. The molecule has 1 aliphatic carbocycles. The molecule has 0 aromatic carbocycles. The highest BCUT2D eigenvalue weighted by atomic mass is 16.5. The minimum Gasteiger partial charge on any atom is -0.385 e. The first-order chi connectivity index (χ1) is 10.0. The summed E-state index contributed by atoms with van der Waals surface area (Å²) >= 11 is 0. The Kier molecular flexibility index (Phi) is 4.72. The highest BCUT2D eigenvalue weighted by Gasteiger charge is 2.42. The van der Waals surface area contributed by atoms with Crippen LogP contribution >= 0.6 is 0 Å². The molecule has 1 saturated carbocycles. The van der Waals surface area contributed by atoms with E-state index < -0.39 is 11.2 Å². The van der Waals surface area contributed by atoms with E-state index in [0.29, 0.717) is 25.4 Å². The van der Waals surface area contributed by atoms with Crippen molar-refractivity contribution in [2.24, 2.45) is 5.41 Å². The molecule has 0 spiro atoms. The van der Waals surface area contributed by atoms with Crippen molar-refractivity contribution >= 4 is 11.5 Å². The van der Waals surface area contributed by atoms with E-state index in [1.54, 1.807) is 7.11 Å². The van der Waals surface area contributed by atoms with Crippen molar-refractivity contribution in [2.45, 2.75) is 39.2 Å². The molecule has 1 aromatic rings. The molecule has 1 aromatic heterocycles. The number of anilines is 2. The number of ether oxygens (including phenoxy) is 1. The first-order valence-electron chi connectivity index (χ1n) is 7.38. The van der Waals surface area contributed by atoms with E-state index in [2.05, 4.69) is 10.3 Å². The minimum atomic E-state index is -0.453. The van der Waals surface area contributed by atoms with E-state index in [1.807, 2.05) is 6.92 Å². The van der Waals surface area contributed by atoms with Crippen LogP contribution in [0.1, 0.15) is 32.6 Å². The second-order valence-corrected chi connectivity index (χ2v) is 5.77. The van der Waals surface area contributed by atoms with E-state index in [4.69, 9.17) is 10.5 Å². The Morgan fingerprint density at radius 3 is 2.71 bits per heavy atom. The second-order valence-electron chi connectivity index (χ2n) is 5.77. The molecule has 0 atom stereocenters. The Labute approximate surface area is 123 Å². The molecule has 0 unspecified atom stereocenters. The molecule has 21 heavy (non-hydrogen) atoms. The number of hydrogen-bond donors (Lipinski definition) is 3. The number of rotatable bonds is 8. The van der Waals surface area contributed by atoms with Crippen LogP contribution < -0.4 is 22.3 Å². The monoisotopic (exact) mass is 296 g/mol. The topological polar surface area (TPSA) is 102 Å². The number of nitrogen functional groups attached to an aromatic ring is 1. The first kappa shape index (κ1) is 15.6. The lowest BCUT2D eigenvalue weighted by atomic mass is 10.0. The molecule has 0 amide bonds. The smallest absolute Gasteiger partial charge is 0.330 e. The largest absolute Gasteiger partial charge is 0.385 e. The van der Waals surface area contributed by atoms with Crippen LogP contribution in [-0.2, 0) is 11.3 Å². The lowest BCUT2D eigenvalue weighted by Crippen LogP contribution is -2.35. The standard InChI is InChI=1S/C14H24N4O3/c1-3-7-18-11(15)10(12(19)17-13(18)20)16-9-14(4-5-14)6-8-21-2/h16H,3-9,15H2,1-2H3,(H,17,19,20). The third kappa shape index (κ3) is 3.47. The van der Waals surface area contributed by atoms with Crippen molar-refractivity contribution in [3.8, 4) is 0 Å². The van der Waals surface area contributed by atoms with Crippen molar-refractivity contribution in [2.75, 3.05) is 31.3 Å². The van der Waals surface area contributed by atoms with Crippen LogP contribution in [0.5, 0.6) is 0 Å². The summed E-state index contributed by atoms with van der Waals surface area (Å²) in [6.45, 7) is 3.83. The molecule has 7 heteroatoms. The maximum Gasteiger partial charge on any atom is 0.330 e. The molecule has 2 rings (SSSR count). The number of nitrogens with one attached hydrogen (secondary N) is 2. The summed E-state index contributed by atoms with van der Waals surface area (Å²) < 4.78 is 6.52. The number of methoxy groups -OCH3 is 1. The quantitative estimate of drug-likeness (QED) is 0.657. The number of hydrogen-bond acceptors (Lipinski definition) is 5. The Morgan fingerprint density at radius 1 is 1.43 bits per heavy atom. The number of nitrogens with zero attached hydrogens (tertiary/aromatic N) is 1. The summed E-state index contributed by atoms with van der Waals surface area (Å²) in [4.78, 5) is 26.0. The molecule has 7 nitrogen and oxygen atoms in total. The van der Waals surface area contributed by atoms with Gasteiger partial charge in [0.2, 0.25) is 0 Å². The van der Waals surface area contributed by atoms with Crippen LogP contribution in [-0.4, -0.2) is 29.8 Å².